The van der Waals surface area contributed by atoms with Gasteiger partial charge in [0.05, 0.1) is 0 Å². The first kappa shape index (κ1) is 40.0. The van der Waals surface area contributed by atoms with Crippen LogP contribution in [0.3, 0.4) is 0 Å². The number of rotatable bonds is 23. The summed E-state index contributed by atoms with van der Waals surface area (Å²) >= 11 is 0. The molecule has 4 aliphatic rings. The van der Waals surface area contributed by atoms with E-state index in [4.69, 9.17) is 4.74 Å². The summed E-state index contributed by atoms with van der Waals surface area (Å²) in [7, 11) is 0. The summed E-state index contributed by atoms with van der Waals surface area (Å²) in [6, 6.07) is 0. The van der Waals surface area contributed by atoms with Crippen molar-refractivity contribution in [3.05, 3.63) is 11.6 Å². The quantitative estimate of drug-likeness (QED) is 0.0616. The molecule has 0 amide bonds. The monoisotopic (exact) mass is 667 g/mol. The van der Waals surface area contributed by atoms with Gasteiger partial charge in [0.15, 0.2) is 0 Å². The molecular weight excluding hydrogens is 585 g/mol. The number of unbranched alkanes of at least 4 members (excludes halogenated alkanes) is 15. The Bertz CT molecular complexity index is 950. The van der Waals surface area contributed by atoms with Gasteiger partial charge in [0.1, 0.15) is 6.10 Å². The highest BCUT2D eigenvalue weighted by Gasteiger charge is 2.59. The molecule has 0 heterocycles. The second kappa shape index (κ2) is 20.3. The molecule has 0 unspecified atom stereocenters. The van der Waals surface area contributed by atoms with Crippen molar-refractivity contribution in [3.63, 3.8) is 0 Å². The fourth-order valence-electron chi connectivity index (χ4n) is 11.8. The molecule has 0 saturated heterocycles. The number of hydrogen-bond donors (Lipinski definition) is 0. The Morgan fingerprint density at radius 1 is 0.729 bits per heavy atom. The van der Waals surface area contributed by atoms with Crippen molar-refractivity contribution in [2.75, 3.05) is 0 Å². The summed E-state index contributed by atoms with van der Waals surface area (Å²) in [5.74, 6) is 5.34. The molecule has 48 heavy (non-hydrogen) atoms. The van der Waals surface area contributed by atoms with Crippen LogP contribution >= 0.6 is 0 Å². The van der Waals surface area contributed by atoms with Crippen LogP contribution in [0, 0.1) is 46.3 Å². The van der Waals surface area contributed by atoms with Crippen molar-refractivity contribution in [2.45, 2.75) is 227 Å². The van der Waals surface area contributed by atoms with E-state index in [0.29, 0.717) is 17.3 Å². The summed E-state index contributed by atoms with van der Waals surface area (Å²) in [6.07, 6.45) is 39.9. The van der Waals surface area contributed by atoms with Crippen LogP contribution in [0.25, 0.3) is 0 Å². The molecule has 0 bridgehead atoms. The highest BCUT2D eigenvalue weighted by atomic mass is 16.5. The van der Waals surface area contributed by atoms with Gasteiger partial charge in [-0.3, -0.25) is 4.79 Å². The van der Waals surface area contributed by atoms with Gasteiger partial charge in [0, 0.05) is 12.8 Å². The third kappa shape index (κ3) is 11.1. The minimum atomic E-state index is 0.0659. The molecule has 8 atom stereocenters. The van der Waals surface area contributed by atoms with E-state index < -0.39 is 0 Å². The van der Waals surface area contributed by atoms with Gasteiger partial charge in [-0.05, 0) is 97.7 Å². The van der Waals surface area contributed by atoms with E-state index in [0.717, 1.165) is 54.8 Å². The largest absolute Gasteiger partial charge is 0.462 e. The zero-order valence-electron chi connectivity index (χ0n) is 33.2. The lowest BCUT2D eigenvalue weighted by atomic mass is 9.47. The summed E-state index contributed by atoms with van der Waals surface area (Å²) < 4.78 is 6.14. The van der Waals surface area contributed by atoms with Crippen LogP contribution in [0.4, 0.5) is 0 Å². The predicted molar refractivity (Wildman–Crippen MR) is 207 cm³/mol. The lowest BCUT2D eigenvalue weighted by molar-refractivity contribution is -0.151. The lowest BCUT2D eigenvalue weighted by Gasteiger charge is -2.58. The van der Waals surface area contributed by atoms with Crippen molar-refractivity contribution in [1.82, 2.24) is 0 Å². The Morgan fingerprint density at radius 3 is 1.94 bits per heavy atom. The van der Waals surface area contributed by atoms with E-state index in [1.54, 1.807) is 5.57 Å². The Hall–Kier alpha value is -0.790. The third-order valence-corrected chi connectivity index (χ3v) is 14.8. The van der Waals surface area contributed by atoms with Gasteiger partial charge in [-0.25, -0.2) is 0 Å². The normalized spacial score (nSPS) is 32.0. The highest BCUT2D eigenvalue weighted by Crippen LogP contribution is 2.67. The SMILES string of the molecule is CCCCCCCCCCCCCCCCCCC(=O)O[C@H]1CC[C@@]2(C)C(=CC[C@H]3[C@@H]4CC[C@H]([C@H](C)CCCC(C)C)[C@@]4(C)CC[C@@H]32)C1. The molecule has 4 rings (SSSR count). The van der Waals surface area contributed by atoms with Gasteiger partial charge < -0.3 is 4.74 Å². The average Bonchev–Trinajstić information content (AvgIpc) is 3.42. The Balaban J connectivity index is 1.08. The molecule has 0 aromatic heterocycles. The van der Waals surface area contributed by atoms with Gasteiger partial charge in [0.25, 0.3) is 0 Å². The van der Waals surface area contributed by atoms with Crippen molar-refractivity contribution in [1.29, 1.82) is 0 Å². The van der Waals surface area contributed by atoms with E-state index in [1.807, 2.05) is 0 Å². The van der Waals surface area contributed by atoms with E-state index in [9.17, 15) is 4.79 Å². The summed E-state index contributed by atoms with van der Waals surface area (Å²) in [5, 5.41) is 0. The first-order valence-corrected chi connectivity index (χ1v) is 22.1. The van der Waals surface area contributed by atoms with Gasteiger partial charge in [-0.2, -0.15) is 0 Å². The van der Waals surface area contributed by atoms with Gasteiger partial charge in [0.2, 0.25) is 0 Å². The first-order chi connectivity index (χ1) is 23.2. The number of carbonyl (C=O) groups is 1. The smallest absolute Gasteiger partial charge is 0.306 e. The average molecular weight is 667 g/mol. The van der Waals surface area contributed by atoms with Crippen molar-refractivity contribution in [3.8, 4) is 0 Å². The molecule has 278 valence electrons. The first-order valence-electron chi connectivity index (χ1n) is 22.1. The molecule has 3 fully saturated rings. The van der Waals surface area contributed by atoms with Gasteiger partial charge >= 0.3 is 5.97 Å². The Labute approximate surface area is 300 Å². The fraction of sp³-hybridized carbons (Fsp3) is 0.935. The summed E-state index contributed by atoms with van der Waals surface area (Å²) in [5.41, 5.74) is 2.54. The number of ether oxygens (including phenoxy) is 1. The molecule has 0 aromatic rings. The Morgan fingerprint density at radius 2 is 1.33 bits per heavy atom. The van der Waals surface area contributed by atoms with Crippen molar-refractivity contribution in [2.24, 2.45) is 46.3 Å². The molecule has 2 nitrogen and oxygen atoms in total. The van der Waals surface area contributed by atoms with E-state index in [2.05, 4.69) is 47.6 Å². The number of hydrogen-bond acceptors (Lipinski definition) is 2. The fourth-order valence-corrected chi connectivity index (χ4v) is 11.8. The van der Waals surface area contributed by atoms with Gasteiger partial charge in [-0.15, -0.1) is 0 Å². The standard InChI is InChI=1S/C46H82O2/c1-7-8-9-10-11-12-13-14-15-16-17-18-19-20-21-22-26-44(47)48-39-31-33-45(5)38(35-39)27-28-40-42-30-29-41(37(4)25-23-24-36(2)3)46(42,6)34-32-43(40)45/h27,36-37,39-43H,7-26,28-35H2,1-6H3/t37-,39+,40+,41-,42+,43+,45+,46-/m1/s1. The van der Waals surface area contributed by atoms with Crippen LogP contribution < -0.4 is 0 Å². The number of esters is 1. The van der Waals surface area contributed by atoms with Crippen LogP contribution in [0.2, 0.25) is 0 Å². The van der Waals surface area contributed by atoms with Crippen LogP contribution in [0.15, 0.2) is 11.6 Å². The number of fused-ring (bicyclic) bond motifs is 5. The predicted octanol–water partition coefficient (Wildman–Crippen LogP) is 14.6. The number of allylic oxidation sites excluding steroid dienone is 1. The maximum atomic E-state index is 12.8. The molecule has 0 spiro atoms. The summed E-state index contributed by atoms with van der Waals surface area (Å²) in [4.78, 5) is 12.8. The molecule has 0 aliphatic heterocycles. The van der Waals surface area contributed by atoms with Crippen molar-refractivity contribution < 1.29 is 9.53 Å². The molecule has 2 heteroatoms. The minimum absolute atomic E-state index is 0.0659. The summed E-state index contributed by atoms with van der Waals surface area (Å²) in [6.45, 7) is 15.0. The third-order valence-electron chi connectivity index (χ3n) is 14.8. The molecule has 3 saturated carbocycles. The van der Waals surface area contributed by atoms with E-state index >= 15 is 0 Å². The Kier molecular flexibility index (Phi) is 16.9. The highest BCUT2D eigenvalue weighted by molar-refractivity contribution is 5.69. The molecule has 0 aromatic carbocycles. The molecule has 0 N–H and O–H groups in total. The van der Waals surface area contributed by atoms with Crippen molar-refractivity contribution >= 4 is 5.97 Å². The van der Waals surface area contributed by atoms with Crippen LogP contribution in [-0.4, -0.2) is 12.1 Å². The van der Waals surface area contributed by atoms with Crippen LogP contribution in [0.5, 0.6) is 0 Å². The van der Waals surface area contributed by atoms with E-state index in [1.165, 1.54) is 154 Å². The van der Waals surface area contributed by atoms with Crippen LogP contribution in [-0.2, 0) is 9.53 Å². The topological polar surface area (TPSA) is 26.3 Å². The molecular formula is C46H82O2. The lowest BCUT2D eigenvalue weighted by Crippen LogP contribution is -2.51. The minimum Gasteiger partial charge on any atom is -0.462 e. The second-order valence-corrected chi connectivity index (χ2v) is 18.7. The van der Waals surface area contributed by atoms with E-state index in [-0.39, 0.29) is 12.1 Å². The molecule has 0 radical (unpaired) electrons. The zero-order valence-corrected chi connectivity index (χ0v) is 33.2. The number of carbonyl (C=O) groups excluding carboxylic acids is 1. The maximum Gasteiger partial charge on any atom is 0.306 e. The second-order valence-electron chi connectivity index (χ2n) is 18.7. The maximum absolute atomic E-state index is 12.8. The zero-order chi connectivity index (χ0) is 34.4. The molecule has 4 aliphatic carbocycles. The van der Waals surface area contributed by atoms with Crippen LogP contribution in [0.1, 0.15) is 221 Å². The van der Waals surface area contributed by atoms with Gasteiger partial charge in [-0.1, -0.05) is 169 Å².